The van der Waals surface area contributed by atoms with E-state index in [9.17, 15) is 5.11 Å². The van der Waals surface area contributed by atoms with E-state index in [1.165, 1.54) is 0 Å². The van der Waals surface area contributed by atoms with Crippen LogP contribution in [0.4, 0.5) is 0 Å². The van der Waals surface area contributed by atoms with E-state index in [1.807, 2.05) is 48.5 Å². The van der Waals surface area contributed by atoms with E-state index in [4.69, 9.17) is 4.74 Å². The lowest BCUT2D eigenvalue weighted by molar-refractivity contribution is 0.174. The molecular formula is C15H15BrO2. The van der Waals surface area contributed by atoms with Gasteiger partial charge in [-0.1, -0.05) is 46.3 Å². The summed E-state index contributed by atoms with van der Waals surface area (Å²) in [6, 6.07) is 15.6. The molecule has 0 spiro atoms. The van der Waals surface area contributed by atoms with Crippen molar-refractivity contribution in [1.82, 2.24) is 0 Å². The molecule has 0 saturated heterocycles. The fourth-order valence-electron chi connectivity index (χ4n) is 1.91. The van der Waals surface area contributed by atoms with Crippen LogP contribution in [-0.2, 0) is 6.42 Å². The number of ether oxygens (including phenoxy) is 1. The number of hydrogen-bond acceptors (Lipinski definition) is 2. The SMILES string of the molecule is COc1ccc(Br)cc1C(O)Cc1ccccc1. The molecule has 94 valence electrons. The van der Waals surface area contributed by atoms with Crippen molar-refractivity contribution in [1.29, 1.82) is 0 Å². The summed E-state index contributed by atoms with van der Waals surface area (Å²) in [5.41, 5.74) is 1.91. The Balaban J connectivity index is 2.23. The summed E-state index contributed by atoms with van der Waals surface area (Å²) in [4.78, 5) is 0. The molecule has 0 amide bonds. The number of aliphatic hydroxyl groups excluding tert-OH is 1. The van der Waals surface area contributed by atoms with E-state index < -0.39 is 6.10 Å². The number of rotatable bonds is 4. The second kappa shape index (κ2) is 6.03. The molecule has 0 radical (unpaired) electrons. The maximum Gasteiger partial charge on any atom is 0.124 e. The summed E-state index contributed by atoms with van der Waals surface area (Å²) >= 11 is 3.41. The van der Waals surface area contributed by atoms with Crippen LogP contribution < -0.4 is 4.74 Å². The van der Waals surface area contributed by atoms with Crippen LogP contribution in [-0.4, -0.2) is 12.2 Å². The summed E-state index contributed by atoms with van der Waals surface area (Å²) in [7, 11) is 1.61. The monoisotopic (exact) mass is 306 g/mol. The highest BCUT2D eigenvalue weighted by Crippen LogP contribution is 2.30. The van der Waals surface area contributed by atoms with Crippen molar-refractivity contribution >= 4 is 15.9 Å². The van der Waals surface area contributed by atoms with Gasteiger partial charge >= 0.3 is 0 Å². The number of hydrogen-bond donors (Lipinski definition) is 1. The van der Waals surface area contributed by atoms with Gasteiger partial charge in [0.2, 0.25) is 0 Å². The second-order valence-corrected chi connectivity index (χ2v) is 5.01. The van der Waals surface area contributed by atoms with Gasteiger partial charge in [-0.25, -0.2) is 0 Å². The summed E-state index contributed by atoms with van der Waals surface area (Å²) in [5, 5.41) is 10.3. The van der Waals surface area contributed by atoms with E-state index in [2.05, 4.69) is 15.9 Å². The Kier molecular flexibility index (Phi) is 4.39. The van der Waals surface area contributed by atoms with E-state index in [-0.39, 0.29) is 0 Å². The molecule has 2 rings (SSSR count). The lowest BCUT2D eigenvalue weighted by atomic mass is 10.0. The van der Waals surface area contributed by atoms with Crippen molar-refractivity contribution in [3.63, 3.8) is 0 Å². The molecule has 3 heteroatoms. The van der Waals surface area contributed by atoms with Crippen LogP contribution in [0.25, 0.3) is 0 Å². The van der Waals surface area contributed by atoms with Gasteiger partial charge in [0.25, 0.3) is 0 Å². The molecule has 2 nitrogen and oxygen atoms in total. The van der Waals surface area contributed by atoms with Crippen LogP contribution in [0.1, 0.15) is 17.2 Å². The standard InChI is InChI=1S/C15H15BrO2/c1-18-15-8-7-12(16)10-13(15)14(17)9-11-5-3-2-4-6-11/h2-8,10,14,17H,9H2,1H3. The smallest absolute Gasteiger partial charge is 0.124 e. The molecule has 0 saturated carbocycles. The van der Waals surface area contributed by atoms with Crippen molar-refractivity contribution in [3.8, 4) is 5.75 Å². The second-order valence-electron chi connectivity index (χ2n) is 4.09. The molecule has 0 heterocycles. The van der Waals surface area contributed by atoms with E-state index >= 15 is 0 Å². The van der Waals surface area contributed by atoms with Gasteiger partial charge in [-0.15, -0.1) is 0 Å². The van der Waals surface area contributed by atoms with Gasteiger partial charge in [0.15, 0.2) is 0 Å². The summed E-state index contributed by atoms with van der Waals surface area (Å²) < 4.78 is 6.21. The average molecular weight is 307 g/mol. The highest BCUT2D eigenvalue weighted by Gasteiger charge is 2.14. The van der Waals surface area contributed by atoms with Gasteiger partial charge in [0.1, 0.15) is 5.75 Å². The third-order valence-corrected chi connectivity index (χ3v) is 3.32. The molecule has 0 fully saturated rings. The molecule has 0 aromatic heterocycles. The summed E-state index contributed by atoms with van der Waals surface area (Å²) in [5.74, 6) is 0.710. The van der Waals surface area contributed by atoms with Gasteiger partial charge in [-0.05, 0) is 23.8 Å². The van der Waals surface area contributed by atoms with Gasteiger partial charge in [-0.3, -0.25) is 0 Å². The first-order valence-electron chi connectivity index (χ1n) is 5.76. The van der Waals surface area contributed by atoms with E-state index in [0.717, 1.165) is 15.6 Å². The van der Waals surface area contributed by atoms with Crippen molar-refractivity contribution in [2.24, 2.45) is 0 Å². The first-order valence-corrected chi connectivity index (χ1v) is 6.55. The van der Waals surface area contributed by atoms with Crippen LogP contribution >= 0.6 is 15.9 Å². The highest BCUT2D eigenvalue weighted by atomic mass is 79.9. The third-order valence-electron chi connectivity index (χ3n) is 2.82. The zero-order valence-electron chi connectivity index (χ0n) is 10.1. The molecule has 2 aromatic rings. The number of methoxy groups -OCH3 is 1. The maximum absolute atomic E-state index is 10.3. The molecule has 0 aliphatic rings. The molecule has 0 bridgehead atoms. The Morgan fingerprint density at radius 1 is 1.17 bits per heavy atom. The van der Waals surface area contributed by atoms with Crippen molar-refractivity contribution in [2.45, 2.75) is 12.5 Å². The Labute approximate surface area is 115 Å². The summed E-state index contributed by atoms with van der Waals surface area (Å²) in [6.07, 6.45) is 0.00745. The van der Waals surface area contributed by atoms with Crippen LogP contribution in [0.2, 0.25) is 0 Å². The molecule has 0 aliphatic heterocycles. The highest BCUT2D eigenvalue weighted by molar-refractivity contribution is 9.10. The number of benzene rings is 2. The molecule has 1 N–H and O–H groups in total. The molecule has 0 aliphatic carbocycles. The fraction of sp³-hybridized carbons (Fsp3) is 0.200. The molecule has 1 unspecified atom stereocenters. The van der Waals surface area contributed by atoms with E-state index in [1.54, 1.807) is 7.11 Å². The Morgan fingerprint density at radius 3 is 2.56 bits per heavy atom. The minimum atomic E-state index is -0.570. The predicted molar refractivity (Wildman–Crippen MR) is 75.8 cm³/mol. The van der Waals surface area contributed by atoms with Crippen molar-refractivity contribution in [3.05, 3.63) is 64.1 Å². The van der Waals surface area contributed by atoms with Gasteiger partial charge in [-0.2, -0.15) is 0 Å². The zero-order valence-corrected chi connectivity index (χ0v) is 11.7. The molecular weight excluding hydrogens is 292 g/mol. The fourth-order valence-corrected chi connectivity index (χ4v) is 2.29. The Bertz CT molecular complexity index is 511. The van der Waals surface area contributed by atoms with Gasteiger partial charge in [0.05, 0.1) is 13.2 Å². The lowest BCUT2D eigenvalue weighted by Gasteiger charge is -2.15. The van der Waals surface area contributed by atoms with Crippen LogP contribution in [0.5, 0.6) is 5.75 Å². The third kappa shape index (κ3) is 3.12. The quantitative estimate of drug-likeness (QED) is 0.932. The largest absolute Gasteiger partial charge is 0.496 e. The summed E-state index contributed by atoms with van der Waals surface area (Å²) in [6.45, 7) is 0. The first-order chi connectivity index (χ1) is 8.70. The maximum atomic E-state index is 10.3. The molecule has 1 atom stereocenters. The topological polar surface area (TPSA) is 29.5 Å². The van der Waals surface area contributed by atoms with Crippen molar-refractivity contribution < 1.29 is 9.84 Å². The van der Waals surface area contributed by atoms with Gasteiger partial charge < -0.3 is 9.84 Å². The number of halogens is 1. The normalized spacial score (nSPS) is 12.2. The van der Waals surface area contributed by atoms with Crippen molar-refractivity contribution in [2.75, 3.05) is 7.11 Å². The Morgan fingerprint density at radius 2 is 1.89 bits per heavy atom. The first kappa shape index (κ1) is 13.1. The van der Waals surface area contributed by atoms with E-state index in [0.29, 0.717) is 12.2 Å². The van der Waals surface area contributed by atoms with Gasteiger partial charge in [0, 0.05) is 16.5 Å². The lowest BCUT2D eigenvalue weighted by Crippen LogP contribution is -2.04. The molecule has 2 aromatic carbocycles. The molecule has 18 heavy (non-hydrogen) atoms. The van der Waals surface area contributed by atoms with Crippen LogP contribution in [0.3, 0.4) is 0 Å². The van der Waals surface area contributed by atoms with Crippen LogP contribution in [0, 0.1) is 0 Å². The predicted octanol–water partition coefficient (Wildman–Crippen LogP) is 3.73. The minimum absolute atomic E-state index is 0.570. The number of aliphatic hydroxyl groups is 1. The average Bonchev–Trinajstić information content (AvgIpc) is 2.40. The minimum Gasteiger partial charge on any atom is -0.496 e. The Hall–Kier alpha value is -1.32. The van der Waals surface area contributed by atoms with Crippen LogP contribution in [0.15, 0.2) is 53.0 Å². The zero-order chi connectivity index (χ0) is 13.0.